The van der Waals surface area contributed by atoms with Crippen LogP contribution in [0.5, 0.6) is 0 Å². The summed E-state index contributed by atoms with van der Waals surface area (Å²) in [5.41, 5.74) is 0.249. The van der Waals surface area contributed by atoms with Crippen LogP contribution < -0.4 is 15.6 Å². The zero-order valence-electron chi connectivity index (χ0n) is 15.4. The average molecular weight is 474 g/mol. The molecule has 1 aliphatic carbocycles. The van der Waals surface area contributed by atoms with Gasteiger partial charge in [-0.1, -0.05) is 15.9 Å². The van der Waals surface area contributed by atoms with Gasteiger partial charge in [-0.15, -0.1) is 0 Å². The minimum Gasteiger partial charge on any atom is -0.396 e. The summed E-state index contributed by atoms with van der Waals surface area (Å²) in [5, 5.41) is 12.0. The van der Waals surface area contributed by atoms with E-state index in [1.54, 1.807) is 13.0 Å². The number of benzene rings is 1. The van der Waals surface area contributed by atoms with E-state index in [1.165, 1.54) is 29.8 Å². The molecule has 0 saturated heterocycles. The Morgan fingerprint density at radius 3 is 2.54 bits per heavy atom. The van der Waals surface area contributed by atoms with Crippen LogP contribution in [0.15, 0.2) is 33.5 Å². The Morgan fingerprint density at radius 1 is 1.29 bits per heavy atom. The fourth-order valence-electron chi connectivity index (χ4n) is 3.09. The first-order valence-corrected chi connectivity index (χ1v) is 10.9. The number of nitrogens with one attached hydrogen (secondary N) is 2. The van der Waals surface area contributed by atoms with Gasteiger partial charge in [0.1, 0.15) is 11.6 Å². The Hall–Kier alpha value is -1.91. The fourth-order valence-corrected chi connectivity index (χ4v) is 5.08. The van der Waals surface area contributed by atoms with E-state index in [0.29, 0.717) is 22.9 Å². The highest BCUT2D eigenvalue weighted by atomic mass is 79.9. The number of nitrogens with zero attached hydrogens (tertiary/aromatic N) is 1. The van der Waals surface area contributed by atoms with Crippen LogP contribution >= 0.6 is 15.9 Å². The number of aryl methyl sites for hydroxylation is 1. The molecule has 10 heteroatoms. The molecule has 0 unspecified atom stereocenters. The van der Waals surface area contributed by atoms with Gasteiger partial charge in [0.2, 0.25) is 10.0 Å². The predicted molar refractivity (Wildman–Crippen MR) is 110 cm³/mol. The van der Waals surface area contributed by atoms with Crippen molar-refractivity contribution in [2.75, 3.05) is 16.6 Å². The third-order valence-electron chi connectivity index (χ3n) is 4.97. The summed E-state index contributed by atoms with van der Waals surface area (Å²) in [4.78, 5) is 12.4. The van der Waals surface area contributed by atoms with E-state index in [-0.39, 0.29) is 35.8 Å². The Labute approximate surface area is 170 Å². The van der Waals surface area contributed by atoms with Gasteiger partial charge in [0.15, 0.2) is 0 Å². The van der Waals surface area contributed by atoms with Gasteiger partial charge in [0, 0.05) is 23.7 Å². The summed E-state index contributed by atoms with van der Waals surface area (Å²) >= 11 is 3.18. The molecule has 28 heavy (non-hydrogen) atoms. The second kappa shape index (κ2) is 7.49. The lowest BCUT2D eigenvalue weighted by atomic mass is 10.2. The molecule has 1 aliphatic rings. The molecule has 152 valence electrons. The van der Waals surface area contributed by atoms with E-state index in [1.807, 2.05) is 0 Å². The van der Waals surface area contributed by atoms with E-state index < -0.39 is 20.6 Å². The summed E-state index contributed by atoms with van der Waals surface area (Å²) in [7, 11) is -2.33. The molecule has 1 fully saturated rings. The Balaban J connectivity index is 2.05. The van der Waals surface area contributed by atoms with Crippen LogP contribution in [0.2, 0.25) is 0 Å². The van der Waals surface area contributed by atoms with Gasteiger partial charge < -0.3 is 10.4 Å². The quantitative estimate of drug-likeness (QED) is 0.573. The molecule has 1 saturated carbocycles. The first-order chi connectivity index (χ1) is 13.1. The maximum Gasteiger partial charge on any atom is 0.254 e. The molecule has 3 rings (SSSR count). The topological polar surface area (TPSA) is 100 Å². The third kappa shape index (κ3) is 3.81. The van der Waals surface area contributed by atoms with E-state index in [9.17, 15) is 22.7 Å². The van der Waals surface area contributed by atoms with Crippen LogP contribution in [0.25, 0.3) is 0 Å². The molecule has 0 spiro atoms. The van der Waals surface area contributed by atoms with Gasteiger partial charge in [-0.05, 0) is 50.5 Å². The van der Waals surface area contributed by atoms with Crippen molar-refractivity contribution in [3.8, 4) is 0 Å². The van der Waals surface area contributed by atoms with Crippen molar-refractivity contribution >= 4 is 43.1 Å². The van der Waals surface area contributed by atoms with Gasteiger partial charge in [0.25, 0.3) is 5.56 Å². The Bertz CT molecular complexity index is 1080. The van der Waals surface area contributed by atoms with Gasteiger partial charge in [-0.3, -0.25) is 14.1 Å². The number of rotatable bonds is 7. The molecule has 7 nitrogen and oxygen atoms in total. The van der Waals surface area contributed by atoms with Crippen molar-refractivity contribution < 1.29 is 17.9 Å². The van der Waals surface area contributed by atoms with Crippen LogP contribution in [0.1, 0.15) is 24.8 Å². The Kier molecular flexibility index (Phi) is 5.57. The largest absolute Gasteiger partial charge is 0.396 e. The summed E-state index contributed by atoms with van der Waals surface area (Å²) < 4.78 is 43.3. The molecular weight excluding hydrogens is 453 g/mol. The third-order valence-corrected chi connectivity index (χ3v) is 7.70. The number of pyridine rings is 1. The minimum absolute atomic E-state index is 0.0963. The van der Waals surface area contributed by atoms with Gasteiger partial charge >= 0.3 is 0 Å². The highest BCUT2D eigenvalue weighted by Gasteiger charge is 2.54. The molecule has 2 aromatic rings. The molecule has 1 aromatic heterocycles. The first-order valence-electron chi connectivity index (χ1n) is 8.66. The zero-order valence-corrected chi connectivity index (χ0v) is 17.8. The molecule has 1 heterocycles. The molecular formula is C18H21BrFN3O4S. The monoisotopic (exact) mass is 473 g/mol. The number of halogens is 2. The standard InChI is InChI=1S/C18H21BrFN3O4S/c1-11-9-15(22-28(26,27)18(5-6-18)7-8-24)16(23(2)17(11)25)21-14-4-3-12(19)10-13(14)20/h3-4,9-10,21-22,24H,5-8H2,1-2H3. The van der Waals surface area contributed by atoms with Crippen LogP contribution in [-0.4, -0.2) is 29.4 Å². The van der Waals surface area contributed by atoms with Crippen molar-refractivity contribution in [2.24, 2.45) is 7.05 Å². The summed E-state index contributed by atoms with van der Waals surface area (Å²) in [6.07, 6.45) is 1.05. The molecule has 0 radical (unpaired) electrons. The normalized spacial score (nSPS) is 15.3. The van der Waals surface area contributed by atoms with E-state index in [0.717, 1.165) is 0 Å². The summed E-state index contributed by atoms with van der Waals surface area (Å²) in [5.74, 6) is -0.435. The van der Waals surface area contributed by atoms with Crippen LogP contribution in [0, 0.1) is 12.7 Å². The number of anilines is 3. The lowest BCUT2D eigenvalue weighted by molar-refractivity contribution is 0.283. The number of aliphatic hydroxyl groups is 1. The molecule has 0 aliphatic heterocycles. The molecule has 0 amide bonds. The number of aromatic nitrogens is 1. The second-order valence-electron chi connectivity index (χ2n) is 6.97. The molecule has 0 atom stereocenters. The molecule has 1 aromatic carbocycles. The van der Waals surface area contributed by atoms with Crippen molar-refractivity contribution in [2.45, 2.75) is 30.9 Å². The van der Waals surface area contributed by atoms with Gasteiger partial charge in [-0.2, -0.15) is 0 Å². The number of hydrogen-bond acceptors (Lipinski definition) is 5. The molecule has 3 N–H and O–H groups in total. The molecule has 0 bridgehead atoms. The fraction of sp³-hybridized carbons (Fsp3) is 0.389. The highest BCUT2D eigenvalue weighted by molar-refractivity contribution is 9.10. The number of aliphatic hydroxyl groups excluding tert-OH is 1. The zero-order chi connectivity index (χ0) is 20.7. The second-order valence-corrected chi connectivity index (χ2v) is 9.96. The Morgan fingerprint density at radius 2 is 1.96 bits per heavy atom. The van der Waals surface area contributed by atoms with E-state index in [2.05, 4.69) is 26.0 Å². The SMILES string of the molecule is Cc1cc(NS(=O)(=O)C2(CCO)CC2)c(Nc2ccc(Br)cc2F)n(C)c1=O. The lowest BCUT2D eigenvalue weighted by Gasteiger charge is -2.21. The summed E-state index contributed by atoms with van der Waals surface area (Å²) in [6, 6.07) is 5.80. The van der Waals surface area contributed by atoms with Crippen molar-refractivity contribution in [1.82, 2.24) is 4.57 Å². The minimum atomic E-state index is -3.81. The van der Waals surface area contributed by atoms with Gasteiger partial charge in [0.05, 0.1) is 16.1 Å². The van der Waals surface area contributed by atoms with Crippen molar-refractivity contribution in [1.29, 1.82) is 0 Å². The predicted octanol–water partition coefficient (Wildman–Crippen LogP) is 3.00. The maximum absolute atomic E-state index is 14.3. The van der Waals surface area contributed by atoms with E-state index in [4.69, 9.17) is 0 Å². The number of sulfonamides is 1. The summed E-state index contributed by atoms with van der Waals surface area (Å²) in [6.45, 7) is 1.34. The average Bonchev–Trinajstić information content (AvgIpc) is 3.40. The van der Waals surface area contributed by atoms with E-state index >= 15 is 0 Å². The van der Waals surface area contributed by atoms with Gasteiger partial charge in [-0.25, -0.2) is 12.8 Å². The lowest BCUT2D eigenvalue weighted by Crippen LogP contribution is -2.32. The highest BCUT2D eigenvalue weighted by Crippen LogP contribution is 2.47. The van der Waals surface area contributed by atoms with Crippen LogP contribution in [0.3, 0.4) is 0 Å². The van der Waals surface area contributed by atoms with Crippen LogP contribution in [0.4, 0.5) is 21.6 Å². The van der Waals surface area contributed by atoms with Crippen LogP contribution in [-0.2, 0) is 17.1 Å². The smallest absolute Gasteiger partial charge is 0.254 e. The van der Waals surface area contributed by atoms with Crippen molar-refractivity contribution in [3.63, 3.8) is 0 Å². The van der Waals surface area contributed by atoms with Crippen molar-refractivity contribution in [3.05, 3.63) is 50.5 Å². The first kappa shape index (κ1) is 20.8. The maximum atomic E-state index is 14.3. The number of hydrogen-bond donors (Lipinski definition) is 3.